The number of ether oxygens (including phenoxy) is 3. The SMILES string of the molecule is Cc1ccc(OC(C)C(=O)NC(C)c2ccc3c(c2)OCCO3)c(C)c1. The Morgan fingerprint density at radius 2 is 1.77 bits per heavy atom. The Balaban J connectivity index is 1.63. The predicted molar refractivity (Wildman–Crippen MR) is 100.0 cm³/mol. The van der Waals surface area contributed by atoms with Crippen LogP contribution in [-0.2, 0) is 4.79 Å². The van der Waals surface area contributed by atoms with Crippen LogP contribution in [0.2, 0.25) is 0 Å². The minimum atomic E-state index is -0.587. The molecule has 1 amide bonds. The first-order chi connectivity index (χ1) is 12.4. The number of nitrogens with one attached hydrogen (secondary N) is 1. The van der Waals surface area contributed by atoms with Gasteiger partial charge >= 0.3 is 0 Å². The van der Waals surface area contributed by atoms with Crippen LogP contribution < -0.4 is 19.5 Å². The van der Waals surface area contributed by atoms with Crippen LogP contribution in [0.15, 0.2) is 36.4 Å². The monoisotopic (exact) mass is 355 g/mol. The summed E-state index contributed by atoms with van der Waals surface area (Å²) in [4.78, 5) is 12.5. The van der Waals surface area contributed by atoms with E-state index in [9.17, 15) is 4.79 Å². The van der Waals surface area contributed by atoms with E-state index in [0.29, 0.717) is 13.2 Å². The van der Waals surface area contributed by atoms with Gasteiger partial charge in [-0.05, 0) is 57.0 Å². The summed E-state index contributed by atoms with van der Waals surface area (Å²) in [6.07, 6.45) is -0.587. The number of aryl methyl sites for hydroxylation is 2. The Morgan fingerprint density at radius 1 is 1.04 bits per heavy atom. The molecule has 0 aromatic heterocycles. The third-order valence-electron chi connectivity index (χ3n) is 4.43. The van der Waals surface area contributed by atoms with Crippen molar-refractivity contribution in [3.05, 3.63) is 53.1 Å². The Bertz CT molecular complexity index is 803. The van der Waals surface area contributed by atoms with Crippen LogP contribution in [0.4, 0.5) is 0 Å². The predicted octanol–water partition coefficient (Wildman–Crippen LogP) is 3.72. The topological polar surface area (TPSA) is 56.8 Å². The Hall–Kier alpha value is -2.69. The third kappa shape index (κ3) is 4.10. The summed E-state index contributed by atoms with van der Waals surface area (Å²) in [5, 5.41) is 2.99. The first-order valence-corrected chi connectivity index (χ1v) is 8.88. The quantitative estimate of drug-likeness (QED) is 0.888. The average Bonchev–Trinajstić information content (AvgIpc) is 2.63. The van der Waals surface area contributed by atoms with Crippen molar-refractivity contribution < 1.29 is 19.0 Å². The molecule has 5 nitrogen and oxygen atoms in total. The second kappa shape index (κ2) is 7.68. The molecular formula is C21H25NO4. The maximum absolute atomic E-state index is 12.5. The molecule has 138 valence electrons. The highest BCUT2D eigenvalue weighted by atomic mass is 16.6. The van der Waals surface area contributed by atoms with E-state index in [0.717, 1.165) is 28.4 Å². The van der Waals surface area contributed by atoms with Crippen molar-refractivity contribution in [1.82, 2.24) is 5.32 Å². The number of hydrogen-bond acceptors (Lipinski definition) is 4. The molecular weight excluding hydrogens is 330 g/mol. The van der Waals surface area contributed by atoms with Crippen LogP contribution in [0.5, 0.6) is 17.2 Å². The molecule has 3 rings (SSSR count). The summed E-state index contributed by atoms with van der Waals surface area (Å²) < 4.78 is 17.0. The van der Waals surface area contributed by atoms with E-state index in [4.69, 9.17) is 14.2 Å². The zero-order chi connectivity index (χ0) is 18.7. The van der Waals surface area contributed by atoms with Gasteiger partial charge in [0, 0.05) is 0 Å². The molecule has 2 unspecified atom stereocenters. The molecule has 2 atom stereocenters. The van der Waals surface area contributed by atoms with Gasteiger partial charge in [0.15, 0.2) is 17.6 Å². The van der Waals surface area contributed by atoms with Crippen molar-refractivity contribution in [2.45, 2.75) is 39.8 Å². The van der Waals surface area contributed by atoms with Crippen molar-refractivity contribution in [2.75, 3.05) is 13.2 Å². The second-order valence-corrected chi connectivity index (χ2v) is 6.66. The summed E-state index contributed by atoms with van der Waals surface area (Å²) in [5.74, 6) is 2.03. The molecule has 1 N–H and O–H groups in total. The number of rotatable bonds is 5. The molecule has 0 saturated carbocycles. The highest BCUT2D eigenvalue weighted by molar-refractivity contribution is 5.81. The molecule has 0 spiro atoms. The summed E-state index contributed by atoms with van der Waals surface area (Å²) >= 11 is 0. The first kappa shape index (κ1) is 18.1. The molecule has 0 saturated heterocycles. The fourth-order valence-corrected chi connectivity index (χ4v) is 2.92. The van der Waals surface area contributed by atoms with Gasteiger partial charge in [-0.1, -0.05) is 23.8 Å². The van der Waals surface area contributed by atoms with Crippen molar-refractivity contribution in [1.29, 1.82) is 0 Å². The molecule has 1 aliphatic heterocycles. The van der Waals surface area contributed by atoms with Crippen LogP contribution in [-0.4, -0.2) is 25.2 Å². The lowest BCUT2D eigenvalue weighted by Crippen LogP contribution is -2.37. The van der Waals surface area contributed by atoms with Crippen molar-refractivity contribution in [2.24, 2.45) is 0 Å². The van der Waals surface area contributed by atoms with E-state index >= 15 is 0 Å². The van der Waals surface area contributed by atoms with Gasteiger partial charge in [-0.3, -0.25) is 4.79 Å². The van der Waals surface area contributed by atoms with Crippen molar-refractivity contribution in [3.8, 4) is 17.2 Å². The lowest BCUT2D eigenvalue weighted by atomic mass is 10.1. The molecule has 0 fully saturated rings. The van der Waals surface area contributed by atoms with Gasteiger partial charge in [0.2, 0.25) is 0 Å². The summed E-state index contributed by atoms with van der Waals surface area (Å²) in [6.45, 7) is 8.80. The summed E-state index contributed by atoms with van der Waals surface area (Å²) in [6, 6.07) is 11.5. The molecule has 0 bridgehead atoms. The van der Waals surface area contributed by atoms with Gasteiger partial charge in [0.1, 0.15) is 19.0 Å². The molecule has 5 heteroatoms. The third-order valence-corrected chi connectivity index (χ3v) is 4.43. The summed E-state index contributed by atoms with van der Waals surface area (Å²) in [7, 11) is 0. The number of amides is 1. The minimum absolute atomic E-state index is 0.160. The lowest BCUT2D eigenvalue weighted by molar-refractivity contribution is -0.127. The largest absolute Gasteiger partial charge is 0.486 e. The van der Waals surface area contributed by atoms with Gasteiger partial charge in [0.05, 0.1) is 6.04 Å². The standard InChI is InChI=1S/C21H25NO4/c1-13-5-7-18(14(2)11-13)26-16(4)21(23)22-15(3)17-6-8-19-20(12-17)25-10-9-24-19/h5-8,11-12,15-16H,9-10H2,1-4H3,(H,22,23). The molecule has 0 aliphatic carbocycles. The van der Waals surface area contributed by atoms with Gasteiger partial charge in [-0.2, -0.15) is 0 Å². The van der Waals surface area contributed by atoms with E-state index in [1.807, 2.05) is 57.2 Å². The number of hydrogen-bond donors (Lipinski definition) is 1. The normalized spacial score (nSPS) is 15.1. The molecule has 0 radical (unpaired) electrons. The average molecular weight is 355 g/mol. The second-order valence-electron chi connectivity index (χ2n) is 6.66. The molecule has 1 heterocycles. The minimum Gasteiger partial charge on any atom is -0.486 e. The van der Waals surface area contributed by atoms with Crippen LogP contribution in [0.3, 0.4) is 0 Å². The van der Waals surface area contributed by atoms with E-state index in [1.165, 1.54) is 5.56 Å². The number of fused-ring (bicyclic) bond motifs is 1. The zero-order valence-electron chi connectivity index (χ0n) is 15.7. The number of carbonyl (C=O) groups is 1. The molecule has 2 aromatic rings. The van der Waals surface area contributed by atoms with E-state index in [-0.39, 0.29) is 11.9 Å². The van der Waals surface area contributed by atoms with Crippen molar-refractivity contribution >= 4 is 5.91 Å². The Labute approximate surface area is 154 Å². The van der Waals surface area contributed by atoms with Crippen molar-refractivity contribution in [3.63, 3.8) is 0 Å². The van der Waals surface area contributed by atoms with Gasteiger partial charge < -0.3 is 19.5 Å². The zero-order valence-corrected chi connectivity index (χ0v) is 15.7. The van der Waals surface area contributed by atoms with Crippen LogP contribution in [0.1, 0.15) is 36.6 Å². The first-order valence-electron chi connectivity index (χ1n) is 8.88. The highest BCUT2D eigenvalue weighted by Crippen LogP contribution is 2.32. The maximum atomic E-state index is 12.5. The van der Waals surface area contributed by atoms with E-state index in [1.54, 1.807) is 6.92 Å². The van der Waals surface area contributed by atoms with E-state index < -0.39 is 6.10 Å². The molecule has 2 aromatic carbocycles. The fourth-order valence-electron chi connectivity index (χ4n) is 2.92. The van der Waals surface area contributed by atoms with Crippen LogP contribution >= 0.6 is 0 Å². The smallest absolute Gasteiger partial charge is 0.261 e. The lowest BCUT2D eigenvalue weighted by Gasteiger charge is -2.22. The Kier molecular flexibility index (Phi) is 5.35. The molecule has 1 aliphatic rings. The summed E-state index contributed by atoms with van der Waals surface area (Å²) in [5.41, 5.74) is 3.14. The maximum Gasteiger partial charge on any atom is 0.261 e. The van der Waals surface area contributed by atoms with Crippen LogP contribution in [0, 0.1) is 13.8 Å². The van der Waals surface area contributed by atoms with Gasteiger partial charge in [-0.25, -0.2) is 0 Å². The van der Waals surface area contributed by atoms with Gasteiger partial charge in [-0.15, -0.1) is 0 Å². The Morgan fingerprint density at radius 3 is 2.50 bits per heavy atom. The number of benzene rings is 2. The molecule has 26 heavy (non-hydrogen) atoms. The number of carbonyl (C=O) groups excluding carboxylic acids is 1. The van der Waals surface area contributed by atoms with Gasteiger partial charge in [0.25, 0.3) is 5.91 Å². The highest BCUT2D eigenvalue weighted by Gasteiger charge is 2.20. The fraction of sp³-hybridized carbons (Fsp3) is 0.381. The van der Waals surface area contributed by atoms with Crippen LogP contribution in [0.25, 0.3) is 0 Å². The van der Waals surface area contributed by atoms with E-state index in [2.05, 4.69) is 5.32 Å².